The summed E-state index contributed by atoms with van der Waals surface area (Å²) >= 11 is 11.4. The first kappa shape index (κ1) is 18.9. The Labute approximate surface area is 141 Å². The van der Waals surface area contributed by atoms with Gasteiger partial charge in [0.1, 0.15) is 11.4 Å². The second kappa shape index (κ2) is 8.50. The van der Waals surface area contributed by atoms with Gasteiger partial charge in [0.25, 0.3) is 0 Å². The molecule has 0 saturated heterocycles. The SMILES string of the molecule is CCOC(=O)/C(=C/NN(C)C=O)C(=O)c1cc(F)c(Cl)cc1Cl. The maximum absolute atomic E-state index is 13.6. The van der Waals surface area contributed by atoms with Crippen molar-refractivity contribution in [3.63, 3.8) is 0 Å². The van der Waals surface area contributed by atoms with Crippen LogP contribution in [0.5, 0.6) is 0 Å². The number of amides is 1. The highest BCUT2D eigenvalue weighted by molar-refractivity contribution is 6.39. The number of Topliss-reactive ketones (excluding diaryl/α,β-unsaturated/α-hetero) is 1. The number of benzene rings is 1. The van der Waals surface area contributed by atoms with Crippen LogP contribution in [0.1, 0.15) is 17.3 Å². The number of carbonyl (C=O) groups excluding carboxylic acids is 3. The number of halogens is 3. The first-order valence-corrected chi connectivity index (χ1v) is 7.08. The second-order valence-electron chi connectivity index (χ2n) is 4.20. The van der Waals surface area contributed by atoms with Crippen molar-refractivity contribution in [2.24, 2.45) is 0 Å². The second-order valence-corrected chi connectivity index (χ2v) is 5.01. The number of hydrazine groups is 1. The maximum Gasteiger partial charge on any atom is 0.343 e. The van der Waals surface area contributed by atoms with Gasteiger partial charge in [-0.25, -0.2) is 9.18 Å². The van der Waals surface area contributed by atoms with E-state index in [0.29, 0.717) is 6.41 Å². The van der Waals surface area contributed by atoms with E-state index in [1.165, 1.54) is 7.05 Å². The topological polar surface area (TPSA) is 75.7 Å². The fraction of sp³-hybridized carbons (Fsp3) is 0.214. The molecule has 0 aliphatic carbocycles. The van der Waals surface area contributed by atoms with Crippen LogP contribution in [0.2, 0.25) is 10.0 Å². The van der Waals surface area contributed by atoms with Crippen molar-refractivity contribution < 1.29 is 23.5 Å². The molecule has 0 atom stereocenters. The molecule has 124 valence electrons. The minimum atomic E-state index is -0.948. The van der Waals surface area contributed by atoms with Crippen LogP contribution in [0.15, 0.2) is 23.9 Å². The number of nitrogens with zero attached hydrogens (tertiary/aromatic N) is 1. The molecule has 0 bridgehead atoms. The molecule has 0 spiro atoms. The highest BCUT2D eigenvalue weighted by Gasteiger charge is 2.24. The Balaban J connectivity index is 3.25. The molecule has 0 radical (unpaired) electrons. The highest BCUT2D eigenvalue weighted by atomic mass is 35.5. The number of esters is 1. The van der Waals surface area contributed by atoms with Crippen molar-refractivity contribution in [2.45, 2.75) is 6.92 Å². The quantitative estimate of drug-likeness (QED) is 0.118. The normalized spacial score (nSPS) is 10.9. The van der Waals surface area contributed by atoms with Crippen LogP contribution in [-0.4, -0.2) is 36.8 Å². The van der Waals surface area contributed by atoms with Gasteiger partial charge >= 0.3 is 5.97 Å². The smallest absolute Gasteiger partial charge is 0.343 e. The summed E-state index contributed by atoms with van der Waals surface area (Å²) in [5.41, 5.74) is 1.67. The van der Waals surface area contributed by atoms with Gasteiger partial charge in [-0.2, -0.15) is 0 Å². The van der Waals surface area contributed by atoms with E-state index in [-0.39, 0.29) is 22.2 Å². The molecule has 1 rings (SSSR count). The molecule has 1 aromatic rings. The Kier molecular flexibility index (Phi) is 6.99. The van der Waals surface area contributed by atoms with Crippen LogP contribution in [0.25, 0.3) is 0 Å². The molecule has 0 fully saturated rings. The average Bonchev–Trinajstić information content (AvgIpc) is 2.50. The van der Waals surface area contributed by atoms with E-state index < -0.39 is 23.1 Å². The highest BCUT2D eigenvalue weighted by Crippen LogP contribution is 2.26. The van der Waals surface area contributed by atoms with Gasteiger partial charge in [0.05, 0.1) is 16.7 Å². The fourth-order valence-electron chi connectivity index (χ4n) is 1.46. The molecule has 6 nitrogen and oxygen atoms in total. The lowest BCUT2D eigenvalue weighted by molar-refractivity contribution is -0.138. The van der Waals surface area contributed by atoms with E-state index in [1.54, 1.807) is 6.92 Å². The summed E-state index contributed by atoms with van der Waals surface area (Å²) in [6, 6.07) is 1.88. The molecule has 1 N–H and O–H groups in total. The Morgan fingerprint density at radius 2 is 2.00 bits per heavy atom. The first-order chi connectivity index (χ1) is 10.8. The summed E-state index contributed by atoms with van der Waals surface area (Å²) in [4.78, 5) is 34.9. The average molecular weight is 363 g/mol. The Hall–Kier alpha value is -2.12. The van der Waals surface area contributed by atoms with Crippen molar-refractivity contribution in [1.29, 1.82) is 0 Å². The number of nitrogens with one attached hydrogen (secondary N) is 1. The molecule has 1 amide bonds. The molecule has 0 saturated carbocycles. The zero-order chi connectivity index (χ0) is 17.6. The number of ketones is 1. The van der Waals surface area contributed by atoms with Gasteiger partial charge in [-0.1, -0.05) is 23.2 Å². The standard InChI is InChI=1S/C14H13Cl2FN2O4/c1-3-23-14(22)9(6-18-19(2)7-20)13(21)8-4-12(17)11(16)5-10(8)15/h4-7,18H,3H2,1-2H3/b9-6+. The molecule has 23 heavy (non-hydrogen) atoms. The number of carbonyl (C=O) groups is 3. The van der Waals surface area contributed by atoms with Crippen LogP contribution < -0.4 is 5.43 Å². The van der Waals surface area contributed by atoms with Crippen LogP contribution in [0.4, 0.5) is 4.39 Å². The predicted octanol–water partition coefficient (Wildman–Crippen LogP) is 2.36. The lowest BCUT2D eigenvalue weighted by Gasteiger charge is -2.12. The Morgan fingerprint density at radius 3 is 2.57 bits per heavy atom. The molecule has 0 aromatic heterocycles. The van der Waals surface area contributed by atoms with Gasteiger partial charge < -0.3 is 10.2 Å². The van der Waals surface area contributed by atoms with Gasteiger partial charge in [-0.05, 0) is 19.1 Å². The van der Waals surface area contributed by atoms with Gasteiger partial charge in [0, 0.05) is 18.8 Å². The first-order valence-electron chi connectivity index (χ1n) is 6.32. The maximum atomic E-state index is 13.6. The number of ether oxygens (including phenoxy) is 1. The summed E-state index contributed by atoms with van der Waals surface area (Å²) in [6.07, 6.45) is 1.39. The molecular formula is C14H13Cl2FN2O4. The molecule has 0 aliphatic heterocycles. The lowest BCUT2D eigenvalue weighted by Crippen LogP contribution is -2.30. The van der Waals surface area contributed by atoms with Crippen molar-refractivity contribution in [3.05, 3.63) is 45.3 Å². The van der Waals surface area contributed by atoms with Gasteiger partial charge in [0.2, 0.25) is 12.2 Å². The summed E-state index contributed by atoms with van der Waals surface area (Å²) < 4.78 is 18.3. The minimum absolute atomic E-state index is 0.0235. The largest absolute Gasteiger partial charge is 0.462 e. The molecule has 9 heteroatoms. The van der Waals surface area contributed by atoms with E-state index in [0.717, 1.165) is 23.3 Å². The van der Waals surface area contributed by atoms with Crippen molar-refractivity contribution in [3.8, 4) is 0 Å². The van der Waals surface area contributed by atoms with E-state index in [1.807, 2.05) is 0 Å². The van der Waals surface area contributed by atoms with E-state index >= 15 is 0 Å². The summed E-state index contributed by atoms with van der Waals surface area (Å²) in [6.45, 7) is 1.58. The fourth-order valence-corrected chi connectivity index (χ4v) is 1.93. The number of hydrogen-bond donors (Lipinski definition) is 1. The third-order valence-electron chi connectivity index (χ3n) is 2.57. The molecule has 0 unspecified atom stereocenters. The van der Waals surface area contributed by atoms with Gasteiger partial charge in [-0.3, -0.25) is 14.6 Å². The van der Waals surface area contributed by atoms with Crippen molar-refractivity contribution >= 4 is 41.4 Å². The predicted molar refractivity (Wildman–Crippen MR) is 82.4 cm³/mol. The van der Waals surface area contributed by atoms with Crippen LogP contribution in [0.3, 0.4) is 0 Å². The minimum Gasteiger partial charge on any atom is -0.462 e. The monoisotopic (exact) mass is 362 g/mol. The third-order valence-corrected chi connectivity index (χ3v) is 3.17. The van der Waals surface area contributed by atoms with Crippen LogP contribution in [0, 0.1) is 5.82 Å². The Bertz CT molecular complexity index is 664. The lowest BCUT2D eigenvalue weighted by atomic mass is 10.0. The van der Waals surface area contributed by atoms with Crippen molar-refractivity contribution in [2.75, 3.05) is 13.7 Å². The van der Waals surface area contributed by atoms with E-state index in [2.05, 4.69) is 5.43 Å². The number of hydrogen-bond acceptors (Lipinski definition) is 5. The molecule has 1 aromatic carbocycles. The molecule has 0 aliphatic rings. The Morgan fingerprint density at radius 1 is 1.35 bits per heavy atom. The third kappa shape index (κ3) is 4.94. The molecule has 0 heterocycles. The van der Waals surface area contributed by atoms with E-state index in [4.69, 9.17) is 27.9 Å². The number of rotatable bonds is 7. The van der Waals surface area contributed by atoms with Crippen molar-refractivity contribution in [1.82, 2.24) is 10.4 Å². The summed E-state index contributed by atoms with van der Waals surface area (Å²) in [5.74, 6) is -2.69. The van der Waals surface area contributed by atoms with Gasteiger partial charge in [0.15, 0.2) is 0 Å². The summed E-state index contributed by atoms with van der Waals surface area (Å²) in [5, 5.41) is 0.573. The van der Waals surface area contributed by atoms with Crippen LogP contribution >= 0.6 is 23.2 Å². The molecular weight excluding hydrogens is 350 g/mol. The summed E-state index contributed by atoms with van der Waals surface area (Å²) in [7, 11) is 1.35. The zero-order valence-corrected chi connectivity index (χ0v) is 13.7. The van der Waals surface area contributed by atoms with Gasteiger partial charge in [-0.15, -0.1) is 0 Å². The zero-order valence-electron chi connectivity index (χ0n) is 12.2. The van der Waals surface area contributed by atoms with Crippen LogP contribution in [-0.2, 0) is 14.3 Å². The van der Waals surface area contributed by atoms with E-state index in [9.17, 15) is 18.8 Å².